The Kier molecular flexibility index (Phi) is 6.21. The molecule has 1 fully saturated rings. The summed E-state index contributed by atoms with van der Waals surface area (Å²) in [5.41, 5.74) is 0.551. The maximum atomic E-state index is 5.70. The van der Waals surface area contributed by atoms with Crippen molar-refractivity contribution in [1.82, 2.24) is 0 Å². The van der Waals surface area contributed by atoms with Crippen LogP contribution in [-0.4, -0.2) is 18.5 Å². The van der Waals surface area contributed by atoms with Gasteiger partial charge in [0.25, 0.3) is 0 Å². The van der Waals surface area contributed by atoms with Crippen LogP contribution in [0.5, 0.6) is 0 Å². The van der Waals surface area contributed by atoms with Crippen molar-refractivity contribution < 1.29 is 4.74 Å². The van der Waals surface area contributed by atoms with Gasteiger partial charge >= 0.3 is 0 Å². The fraction of sp³-hybridized carbons (Fsp3) is 1.00. The topological polar surface area (TPSA) is 9.23 Å². The Balaban J connectivity index is 2.20. The molecule has 0 aromatic heterocycles. The van der Waals surface area contributed by atoms with Gasteiger partial charge in [-0.2, -0.15) is 0 Å². The second-order valence-corrected chi connectivity index (χ2v) is 5.97. The van der Waals surface area contributed by atoms with Crippen LogP contribution < -0.4 is 0 Å². The van der Waals surface area contributed by atoms with Gasteiger partial charge in [0, 0.05) is 18.5 Å². The molecule has 0 spiro atoms. The summed E-state index contributed by atoms with van der Waals surface area (Å²) in [5.74, 6) is 0.663. The van der Waals surface area contributed by atoms with Crippen LogP contribution >= 0.6 is 15.9 Å². The first-order valence-electron chi connectivity index (χ1n) is 6.32. The lowest BCUT2D eigenvalue weighted by atomic mass is 9.74. The Labute approximate surface area is 103 Å². The number of ether oxygens (including phenoxy) is 1. The van der Waals surface area contributed by atoms with Crippen LogP contribution in [0.15, 0.2) is 0 Å². The van der Waals surface area contributed by atoms with Crippen LogP contribution in [0.25, 0.3) is 0 Å². The summed E-state index contributed by atoms with van der Waals surface area (Å²) in [6.07, 6.45) is 8.28. The smallest absolute Gasteiger partial charge is 0.0488 e. The van der Waals surface area contributed by atoms with Gasteiger partial charge in [-0.25, -0.2) is 0 Å². The predicted octanol–water partition coefficient (Wildman–Crippen LogP) is 4.39. The van der Waals surface area contributed by atoms with E-state index in [1.54, 1.807) is 0 Å². The van der Waals surface area contributed by atoms with E-state index in [0.717, 1.165) is 18.5 Å². The SMILES string of the molecule is CC(C)COCCC1(CBr)CCCCC1. The molecule has 0 bridgehead atoms. The molecule has 0 atom stereocenters. The van der Waals surface area contributed by atoms with Crippen LogP contribution in [0, 0.1) is 11.3 Å². The molecule has 1 aliphatic carbocycles. The zero-order chi connectivity index (χ0) is 11.1. The van der Waals surface area contributed by atoms with Crippen molar-refractivity contribution in [2.24, 2.45) is 11.3 Å². The summed E-state index contributed by atoms with van der Waals surface area (Å²) in [5, 5.41) is 1.16. The fourth-order valence-corrected chi connectivity index (χ4v) is 3.20. The molecule has 0 amide bonds. The number of halogens is 1. The number of hydrogen-bond acceptors (Lipinski definition) is 1. The predicted molar refractivity (Wildman–Crippen MR) is 69.6 cm³/mol. The van der Waals surface area contributed by atoms with Gasteiger partial charge in [-0.3, -0.25) is 0 Å². The number of rotatable bonds is 6. The quantitative estimate of drug-likeness (QED) is 0.516. The highest BCUT2D eigenvalue weighted by molar-refractivity contribution is 9.09. The maximum Gasteiger partial charge on any atom is 0.0488 e. The molecule has 2 heteroatoms. The van der Waals surface area contributed by atoms with Crippen molar-refractivity contribution in [3.05, 3.63) is 0 Å². The molecule has 0 heterocycles. The molecule has 0 radical (unpaired) electrons. The van der Waals surface area contributed by atoms with Crippen LogP contribution in [0.4, 0.5) is 0 Å². The molecule has 15 heavy (non-hydrogen) atoms. The molecule has 0 saturated heterocycles. The summed E-state index contributed by atoms with van der Waals surface area (Å²) in [6.45, 7) is 6.28. The Bertz CT molecular complexity index is 162. The van der Waals surface area contributed by atoms with Gasteiger partial charge in [0.15, 0.2) is 0 Å². The minimum Gasteiger partial charge on any atom is -0.381 e. The molecule has 0 aliphatic heterocycles. The Morgan fingerprint density at radius 3 is 2.40 bits per heavy atom. The van der Waals surface area contributed by atoms with E-state index in [0.29, 0.717) is 11.3 Å². The third-order valence-electron chi connectivity index (χ3n) is 3.43. The fourth-order valence-electron chi connectivity index (χ4n) is 2.36. The highest BCUT2D eigenvalue weighted by Crippen LogP contribution is 2.40. The van der Waals surface area contributed by atoms with Crippen molar-refractivity contribution in [2.75, 3.05) is 18.5 Å². The van der Waals surface area contributed by atoms with Gasteiger partial charge in [0.1, 0.15) is 0 Å². The molecular formula is C13H25BrO. The average Bonchev–Trinajstić information content (AvgIpc) is 2.26. The maximum absolute atomic E-state index is 5.70. The zero-order valence-electron chi connectivity index (χ0n) is 10.2. The number of alkyl halides is 1. The first-order chi connectivity index (χ1) is 7.18. The number of hydrogen-bond donors (Lipinski definition) is 0. The normalized spacial score (nSPS) is 20.8. The van der Waals surface area contributed by atoms with Gasteiger partial charge in [0.05, 0.1) is 0 Å². The minimum absolute atomic E-state index is 0.551. The van der Waals surface area contributed by atoms with E-state index < -0.39 is 0 Å². The average molecular weight is 277 g/mol. The lowest BCUT2D eigenvalue weighted by molar-refractivity contribution is 0.0702. The highest BCUT2D eigenvalue weighted by atomic mass is 79.9. The molecule has 0 unspecified atom stereocenters. The van der Waals surface area contributed by atoms with Gasteiger partial charge in [-0.15, -0.1) is 0 Å². The summed E-state index contributed by atoms with van der Waals surface area (Å²) in [6, 6.07) is 0. The molecule has 0 N–H and O–H groups in total. The first kappa shape index (κ1) is 13.5. The summed E-state index contributed by atoms with van der Waals surface area (Å²) < 4.78 is 5.70. The monoisotopic (exact) mass is 276 g/mol. The van der Waals surface area contributed by atoms with E-state index in [-0.39, 0.29) is 0 Å². The summed E-state index contributed by atoms with van der Waals surface area (Å²) >= 11 is 3.69. The lowest BCUT2D eigenvalue weighted by Crippen LogP contribution is -2.27. The van der Waals surface area contributed by atoms with Gasteiger partial charge in [0.2, 0.25) is 0 Å². The molecule has 0 aromatic rings. The third kappa shape index (κ3) is 4.86. The summed E-state index contributed by atoms with van der Waals surface area (Å²) in [4.78, 5) is 0. The first-order valence-corrected chi connectivity index (χ1v) is 7.44. The minimum atomic E-state index is 0.551. The third-order valence-corrected chi connectivity index (χ3v) is 4.62. The van der Waals surface area contributed by atoms with Crippen molar-refractivity contribution in [3.63, 3.8) is 0 Å². The van der Waals surface area contributed by atoms with Crippen LogP contribution in [0.2, 0.25) is 0 Å². The molecular weight excluding hydrogens is 252 g/mol. The Morgan fingerprint density at radius 1 is 1.20 bits per heavy atom. The van der Waals surface area contributed by atoms with Crippen molar-refractivity contribution >= 4 is 15.9 Å². The van der Waals surface area contributed by atoms with E-state index in [2.05, 4.69) is 29.8 Å². The summed E-state index contributed by atoms with van der Waals surface area (Å²) in [7, 11) is 0. The van der Waals surface area contributed by atoms with Crippen molar-refractivity contribution in [3.8, 4) is 0 Å². The van der Waals surface area contributed by atoms with E-state index in [4.69, 9.17) is 4.74 Å². The van der Waals surface area contributed by atoms with Gasteiger partial charge in [-0.1, -0.05) is 49.0 Å². The van der Waals surface area contributed by atoms with Crippen molar-refractivity contribution in [2.45, 2.75) is 52.4 Å². The molecule has 1 aliphatic rings. The van der Waals surface area contributed by atoms with Crippen LogP contribution in [-0.2, 0) is 4.74 Å². The molecule has 0 aromatic carbocycles. The second kappa shape index (κ2) is 6.90. The second-order valence-electron chi connectivity index (χ2n) is 5.41. The Morgan fingerprint density at radius 2 is 1.87 bits per heavy atom. The zero-order valence-corrected chi connectivity index (χ0v) is 11.8. The van der Waals surface area contributed by atoms with E-state index >= 15 is 0 Å². The lowest BCUT2D eigenvalue weighted by Gasteiger charge is -2.35. The van der Waals surface area contributed by atoms with Crippen LogP contribution in [0.1, 0.15) is 52.4 Å². The van der Waals surface area contributed by atoms with E-state index in [1.807, 2.05) is 0 Å². The molecule has 90 valence electrons. The molecule has 1 nitrogen and oxygen atoms in total. The van der Waals surface area contributed by atoms with Gasteiger partial charge in [-0.05, 0) is 30.6 Å². The Hall–Kier alpha value is 0.440. The molecule has 1 saturated carbocycles. The van der Waals surface area contributed by atoms with Crippen molar-refractivity contribution in [1.29, 1.82) is 0 Å². The van der Waals surface area contributed by atoms with Gasteiger partial charge < -0.3 is 4.74 Å². The molecule has 1 rings (SSSR count). The standard InChI is InChI=1S/C13H25BrO/c1-12(2)10-15-9-8-13(11-14)6-4-3-5-7-13/h12H,3-11H2,1-2H3. The highest BCUT2D eigenvalue weighted by Gasteiger charge is 2.30. The van der Waals surface area contributed by atoms with E-state index in [9.17, 15) is 0 Å². The van der Waals surface area contributed by atoms with Crippen LogP contribution in [0.3, 0.4) is 0 Å². The largest absolute Gasteiger partial charge is 0.381 e. The van der Waals surface area contributed by atoms with E-state index in [1.165, 1.54) is 38.5 Å².